The highest BCUT2D eigenvalue weighted by atomic mass is 32.2. The predicted octanol–water partition coefficient (Wildman–Crippen LogP) is 4.30. The van der Waals surface area contributed by atoms with Crippen LogP contribution in [0.2, 0.25) is 0 Å². The molecule has 0 aliphatic heterocycles. The van der Waals surface area contributed by atoms with E-state index in [4.69, 9.17) is 5.73 Å². The van der Waals surface area contributed by atoms with Crippen molar-refractivity contribution in [2.75, 3.05) is 0 Å². The van der Waals surface area contributed by atoms with Gasteiger partial charge in [0.25, 0.3) is 0 Å². The molecule has 1 heterocycles. The summed E-state index contributed by atoms with van der Waals surface area (Å²) in [6, 6.07) is 10.4. The Balaban J connectivity index is 2.23. The second kappa shape index (κ2) is 6.07. The minimum atomic E-state index is 0.265. The van der Waals surface area contributed by atoms with E-state index >= 15 is 0 Å². The van der Waals surface area contributed by atoms with E-state index in [0.29, 0.717) is 6.54 Å². The standard InChI is InChI=1S/C15H20N2S2/c1-15(2,3)18-10-13-17-12(9-16)14(19-13)11-7-5-4-6-8-11/h4-8H,9-10,16H2,1-3H3. The van der Waals surface area contributed by atoms with Crippen LogP contribution in [0.15, 0.2) is 30.3 Å². The van der Waals surface area contributed by atoms with Crippen LogP contribution in [0.25, 0.3) is 10.4 Å². The van der Waals surface area contributed by atoms with Gasteiger partial charge in [-0.25, -0.2) is 4.98 Å². The molecule has 0 fully saturated rings. The number of benzene rings is 1. The molecule has 0 saturated carbocycles. The third kappa shape index (κ3) is 4.06. The molecule has 2 aromatic rings. The number of rotatable bonds is 4. The van der Waals surface area contributed by atoms with Gasteiger partial charge in [0.1, 0.15) is 5.01 Å². The zero-order chi connectivity index (χ0) is 13.9. The van der Waals surface area contributed by atoms with Crippen molar-refractivity contribution in [3.63, 3.8) is 0 Å². The Labute approximate surface area is 123 Å². The largest absolute Gasteiger partial charge is 0.325 e. The zero-order valence-electron chi connectivity index (χ0n) is 11.6. The first-order chi connectivity index (χ1) is 8.99. The molecule has 0 unspecified atom stereocenters. The number of hydrogen-bond acceptors (Lipinski definition) is 4. The highest BCUT2D eigenvalue weighted by Gasteiger charge is 2.15. The first-order valence-electron chi connectivity index (χ1n) is 6.37. The van der Waals surface area contributed by atoms with Gasteiger partial charge >= 0.3 is 0 Å². The molecule has 0 atom stereocenters. The molecule has 0 spiro atoms. The summed E-state index contributed by atoms with van der Waals surface area (Å²) >= 11 is 3.69. The van der Waals surface area contributed by atoms with Crippen LogP contribution in [0.4, 0.5) is 0 Å². The van der Waals surface area contributed by atoms with E-state index in [2.05, 4.69) is 50.0 Å². The summed E-state index contributed by atoms with van der Waals surface area (Å²) in [5, 5.41) is 1.17. The quantitative estimate of drug-likeness (QED) is 0.913. The van der Waals surface area contributed by atoms with Gasteiger partial charge < -0.3 is 5.73 Å². The van der Waals surface area contributed by atoms with Gasteiger partial charge in [-0.15, -0.1) is 23.1 Å². The van der Waals surface area contributed by atoms with E-state index in [-0.39, 0.29) is 4.75 Å². The van der Waals surface area contributed by atoms with Crippen LogP contribution in [-0.2, 0) is 12.3 Å². The van der Waals surface area contributed by atoms with Crippen molar-refractivity contribution in [3.8, 4) is 10.4 Å². The van der Waals surface area contributed by atoms with Gasteiger partial charge in [0.15, 0.2) is 0 Å². The Morgan fingerprint density at radius 1 is 1.21 bits per heavy atom. The van der Waals surface area contributed by atoms with Crippen LogP contribution in [-0.4, -0.2) is 9.73 Å². The Bertz CT molecular complexity index is 527. The Kier molecular flexibility index (Phi) is 4.66. The highest BCUT2D eigenvalue weighted by Crippen LogP contribution is 2.34. The average Bonchev–Trinajstić information content (AvgIpc) is 2.80. The maximum atomic E-state index is 5.82. The normalized spacial score (nSPS) is 11.8. The Morgan fingerprint density at radius 2 is 1.89 bits per heavy atom. The minimum absolute atomic E-state index is 0.265. The van der Waals surface area contributed by atoms with Crippen molar-refractivity contribution in [3.05, 3.63) is 41.0 Å². The minimum Gasteiger partial charge on any atom is -0.325 e. The summed E-state index contributed by atoms with van der Waals surface area (Å²) in [7, 11) is 0. The number of aromatic nitrogens is 1. The van der Waals surface area contributed by atoms with Crippen LogP contribution < -0.4 is 5.73 Å². The smallest absolute Gasteiger partial charge is 0.103 e. The highest BCUT2D eigenvalue weighted by molar-refractivity contribution is 7.99. The molecule has 1 aromatic heterocycles. The third-order valence-corrected chi connectivity index (χ3v) is 5.21. The maximum Gasteiger partial charge on any atom is 0.103 e. The van der Waals surface area contributed by atoms with Gasteiger partial charge in [-0.05, 0) is 5.56 Å². The molecule has 102 valence electrons. The molecule has 2 N–H and O–H groups in total. The maximum absolute atomic E-state index is 5.82. The zero-order valence-corrected chi connectivity index (χ0v) is 13.3. The van der Waals surface area contributed by atoms with Crippen molar-refractivity contribution < 1.29 is 0 Å². The summed E-state index contributed by atoms with van der Waals surface area (Å²) in [5.74, 6) is 0.952. The summed E-state index contributed by atoms with van der Waals surface area (Å²) in [4.78, 5) is 5.90. The molecule has 0 bridgehead atoms. The SMILES string of the molecule is CC(C)(C)SCc1nc(CN)c(-c2ccccc2)s1. The number of thioether (sulfide) groups is 1. The fourth-order valence-corrected chi connectivity index (χ4v) is 3.62. The number of nitrogens with zero attached hydrogens (tertiary/aromatic N) is 1. The van der Waals surface area contributed by atoms with E-state index in [1.807, 2.05) is 17.8 Å². The van der Waals surface area contributed by atoms with Crippen molar-refractivity contribution >= 4 is 23.1 Å². The molecule has 0 saturated heterocycles. The Hall–Kier alpha value is -0.840. The lowest BCUT2D eigenvalue weighted by Crippen LogP contribution is -2.07. The van der Waals surface area contributed by atoms with Gasteiger partial charge in [0, 0.05) is 17.0 Å². The van der Waals surface area contributed by atoms with Crippen LogP contribution >= 0.6 is 23.1 Å². The number of nitrogens with two attached hydrogens (primary N) is 1. The van der Waals surface area contributed by atoms with Crippen LogP contribution in [0.3, 0.4) is 0 Å². The van der Waals surface area contributed by atoms with Crippen molar-refractivity contribution in [1.29, 1.82) is 0 Å². The van der Waals surface area contributed by atoms with Gasteiger partial charge in [-0.1, -0.05) is 51.1 Å². The van der Waals surface area contributed by atoms with Crippen molar-refractivity contribution in [1.82, 2.24) is 4.98 Å². The lowest BCUT2D eigenvalue weighted by atomic mass is 10.1. The first-order valence-corrected chi connectivity index (χ1v) is 8.18. The summed E-state index contributed by atoms with van der Waals surface area (Å²) < 4.78 is 0.265. The lowest BCUT2D eigenvalue weighted by Gasteiger charge is -2.16. The molecule has 19 heavy (non-hydrogen) atoms. The van der Waals surface area contributed by atoms with Gasteiger partial charge in [0.05, 0.1) is 10.6 Å². The van der Waals surface area contributed by atoms with E-state index in [1.165, 1.54) is 15.4 Å². The molecule has 1 aromatic carbocycles. The fourth-order valence-electron chi connectivity index (χ4n) is 1.69. The molecule has 0 aliphatic rings. The van der Waals surface area contributed by atoms with Crippen LogP contribution in [0.5, 0.6) is 0 Å². The number of hydrogen-bond donors (Lipinski definition) is 1. The van der Waals surface area contributed by atoms with Crippen LogP contribution in [0, 0.1) is 0 Å². The summed E-state index contributed by atoms with van der Waals surface area (Å²) in [6.07, 6.45) is 0. The molecular formula is C15H20N2S2. The molecular weight excluding hydrogens is 272 g/mol. The number of thiazole rings is 1. The lowest BCUT2D eigenvalue weighted by molar-refractivity contribution is 0.802. The van der Waals surface area contributed by atoms with E-state index in [9.17, 15) is 0 Å². The fraction of sp³-hybridized carbons (Fsp3) is 0.400. The van der Waals surface area contributed by atoms with Gasteiger partial charge in [0.2, 0.25) is 0 Å². The van der Waals surface area contributed by atoms with E-state index in [0.717, 1.165) is 11.4 Å². The monoisotopic (exact) mass is 292 g/mol. The van der Waals surface area contributed by atoms with Crippen molar-refractivity contribution in [2.45, 2.75) is 37.8 Å². The third-order valence-electron chi connectivity index (χ3n) is 2.60. The van der Waals surface area contributed by atoms with E-state index in [1.54, 1.807) is 11.3 Å². The average molecular weight is 292 g/mol. The molecule has 4 heteroatoms. The molecule has 0 amide bonds. The van der Waals surface area contributed by atoms with Crippen LogP contribution in [0.1, 0.15) is 31.5 Å². The second-order valence-corrected chi connectivity index (χ2v) is 8.24. The topological polar surface area (TPSA) is 38.9 Å². The van der Waals surface area contributed by atoms with E-state index < -0.39 is 0 Å². The molecule has 0 aliphatic carbocycles. The summed E-state index contributed by atoms with van der Waals surface area (Å²) in [6.45, 7) is 7.19. The molecule has 2 nitrogen and oxygen atoms in total. The van der Waals surface area contributed by atoms with Gasteiger partial charge in [-0.3, -0.25) is 0 Å². The summed E-state index contributed by atoms with van der Waals surface area (Å²) in [5.41, 5.74) is 8.05. The van der Waals surface area contributed by atoms with Gasteiger partial charge in [-0.2, -0.15) is 0 Å². The second-order valence-electron chi connectivity index (χ2n) is 5.35. The molecule has 2 rings (SSSR count). The Morgan fingerprint density at radius 3 is 2.47 bits per heavy atom. The van der Waals surface area contributed by atoms with Crippen molar-refractivity contribution in [2.24, 2.45) is 5.73 Å². The predicted molar refractivity (Wildman–Crippen MR) is 86.5 cm³/mol. The first kappa shape index (κ1) is 14.6. The molecule has 0 radical (unpaired) electrons.